The van der Waals surface area contributed by atoms with Gasteiger partial charge in [0.05, 0.1) is 19.3 Å². The smallest absolute Gasteiger partial charge is 0.321 e. The number of aryl methyl sites for hydroxylation is 1. The van der Waals surface area contributed by atoms with Gasteiger partial charge >= 0.3 is 12.1 Å². The van der Waals surface area contributed by atoms with E-state index in [4.69, 9.17) is 4.74 Å². The molecule has 2 fully saturated rings. The molecule has 4 amide bonds. The predicted octanol–water partition coefficient (Wildman–Crippen LogP) is 1.96. The maximum atomic E-state index is 12.7. The number of carbonyl (C=O) groups is 2. The molecule has 0 spiro atoms. The van der Waals surface area contributed by atoms with Crippen LogP contribution in [0.2, 0.25) is 0 Å². The van der Waals surface area contributed by atoms with E-state index in [1.165, 1.54) is 0 Å². The van der Waals surface area contributed by atoms with Crippen molar-refractivity contribution >= 4 is 17.7 Å². The maximum absolute atomic E-state index is 12.7. The maximum Gasteiger partial charge on any atom is 0.321 e. The Morgan fingerprint density at radius 2 is 1.93 bits per heavy atom. The van der Waals surface area contributed by atoms with Gasteiger partial charge in [-0.15, -0.1) is 0 Å². The van der Waals surface area contributed by atoms with Crippen LogP contribution in [0, 0.1) is 6.92 Å². The van der Waals surface area contributed by atoms with Crippen molar-refractivity contribution in [2.75, 3.05) is 64.3 Å². The van der Waals surface area contributed by atoms with Crippen molar-refractivity contribution in [3.05, 3.63) is 29.8 Å². The van der Waals surface area contributed by atoms with Crippen molar-refractivity contribution in [3.8, 4) is 0 Å². The van der Waals surface area contributed by atoms with E-state index >= 15 is 0 Å². The van der Waals surface area contributed by atoms with Gasteiger partial charge in [0.2, 0.25) is 0 Å². The molecule has 2 aliphatic rings. The van der Waals surface area contributed by atoms with Crippen molar-refractivity contribution in [2.45, 2.75) is 26.3 Å². The Labute approximate surface area is 173 Å². The number of anilines is 1. The first-order chi connectivity index (χ1) is 14.1. The number of para-hydroxylation sites is 1. The lowest BCUT2D eigenvalue weighted by Gasteiger charge is -2.45. The van der Waals surface area contributed by atoms with Gasteiger partial charge in [0.15, 0.2) is 0 Å². The van der Waals surface area contributed by atoms with Crippen LogP contribution in [0.25, 0.3) is 0 Å². The van der Waals surface area contributed by atoms with Gasteiger partial charge < -0.3 is 25.2 Å². The number of ether oxygens (including phenoxy) is 1. The summed E-state index contributed by atoms with van der Waals surface area (Å²) in [6, 6.07) is 7.63. The molecule has 2 saturated heterocycles. The Hall–Kier alpha value is -2.32. The third-order valence-corrected chi connectivity index (χ3v) is 5.52. The molecule has 8 nitrogen and oxygen atoms in total. The molecule has 2 N–H and O–H groups in total. The molecule has 0 unspecified atom stereocenters. The van der Waals surface area contributed by atoms with Gasteiger partial charge in [-0.3, -0.25) is 4.90 Å². The summed E-state index contributed by atoms with van der Waals surface area (Å²) >= 11 is 0. The van der Waals surface area contributed by atoms with E-state index in [9.17, 15) is 9.59 Å². The lowest BCUT2D eigenvalue weighted by atomic mass is 10.1. The zero-order valence-corrected chi connectivity index (χ0v) is 17.5. The number of urea groups is 2. The zero-order valence-electron chi connectivity index (χ0n) is 17.5. The summed E-state index contributed by atoms with van der Waals surface area (Å²) < 4.78 is 5.40. The highest BCUT2D eigenvalue weighted by Crippen LogP contribution is 2.19. The van der Waals surface area contributed by atoms with E-state index in [1.54, 1.807) is 4.90 Å². The average Bonchev–Trinajstić information content (AvgIpc) is 2.70. The molecule has 2 heterocycles. The number of nitrogens with zero attached hydrogens (tertiary/aromatic N) is 3. The van der Waals surface area contributed by atoms with E-state index in [-0.39, 0.29) is 18.1 Å². The Morgan fingerprint density at radius 1 is 1.21 bits per heavy atom. The van der Waals surface area contributed by atoms with Crippen LogP contribution >= 0.6 is 0 Å². The van der Waals surface area contributed by atoms with Crippen molar-refractivity contribution in [2.24, 2.45) is 0 Å². The van der Waals surface area contributed by atoms with E-state index < -0.39 is 0 Å². The first-order valence-corrected chi connectivity index (χ1v) is 10.5. The van der Waals surface area contributed by atoms with Crippen molar-refractivity contribution in [3.63, 3.8) is 0 Å². The molecule has 160 valence electrons. The lowest BCUT2D eigenvalue weighted by Crippen LogP contribution is -2.65. The normalized spacial score (nSPS) is 17.5. The Bertz CT molecular complexity index is 687. The average molecular weight is 404 g/mol. The molecule has 29 heavy (non-hydrogen) atoms. The molecule has 3 rings (SSSR count). The number of hydrogen-bond donors (Lipinski definition) is 2. The van der Waals surface area contributed by atoms with E-state index in [0.29, 0.717) is 26.2 Å². The standard InChI is InChI=1S/C21H33N5O3/c1-3-8-22-20(27)26(10-9-24-11-13-29-14-12-24)18-15-25(16-18)21(28)23-19-7-5-4-6-17(19)2/h4-7,18H,3,8-16H2,1-2H3,(H,22,27)(H,23,28). The van der Waals surface area contributed by atoms with Crippen LogP contribution in [0.15, 0.2) is 24.3 Å². The second kappa shape index (κ2) is 10.5. The van der Waals surface area contributed by atoms with Gasteiger partial charge in [0.25, 0.3) is 0 Å². The van der Waals surface area contributed by atoms with Crippen LogP contribution in [0.1, 0.15) is 18.9 Å². The molecule has 0 aromatic heterocycles. The minimum Gasteiger partial charge on any atom is -0.379 e. The van der Waals surface area contributed by atoms with Crippen LogP contribution in [-0.2, 0) is 4.74 Å². The van der Waals surface area contributed by atoms with Crippen LogP contribution in [0.4, 0.5) is 15.3 Å². The summed E-state index contributed by atoms with van der Waals surface area (Å²) in [5.74, 6) is 0. The quantitative estimate of drug-likeness (QED) is 0.730. The molecule has 0 atom stereocenters. The molecular weight excluding hydrogens is 370 g/mol. The fourth-order valence-corrected chi connectivity index (χ4v) is 3.58. The number of rotatable bonds is 7. The van der Waals surface area contributed by atoms with Crippen LogP contribution in [-0.4, -0.2) is 91.8 Å². The molecule has 1 aromatic carbocycles. The number of carbonyl (C=O) groups excluding carboxylic acids is 2. The number of hydrogen-bond acceptors (Lipinski definition) is 4. The number of nitrogens with one attached hydrogen (secondary N) is 2. The summed E-state index contributed by atoms with van der Waals surface area (Å²) in [6.45, 7) is 10.6. The van der Waals surface area contributed by atoms with Crippen molar-refractivity contribution in [1.82, 2.24) is 20.0 Å². The van der Waals surface area contributed by atoms with Crippen LogP contribution in [0.3, 0.4) is 0 Å². The molecule has 2 aliphatic heterocycles. The van der Waals surface area contributed by atoms with Gasteiger partial charge in [0, 0.05) is 51.5 Å². The minimum absolute atomic E-state index is 0.0379. The van der Waals surface area contributed by atoms with E-state index in [1.807, 2.05) is 43.0 Å². The van der Waals surface area contributed by atoms with Gasteiger partial charge in [-0.05, 0) is 25.0 Å². The van der Waals surface area contributed by atoms with Gasteiger partial charge in [-0.2, -0.15) is 0 Å². The first-order valence-electron chi connectivity index (χ1n) is 10.5. The van der Waals surface area contributed by atoms with Crippen LogP contribution in [0.5, 0.6) is 0 Å². The van der Waals surface area contributed by atoms with Gasteiger partial charge in [-0.25, -0.2) is 9.59 Å². The number of morpholine rings is 1. The van der Waals surface area contributed by atoms with E-state index in [0.717, 1.165) is 50.5 Å². The number of likely N-dealkylation sites (tertiary alicyclic amines) is 1. The van der Waals surface area contributed by atoms with Gasteiger partial charge in [0.1, 0.15) is 0 Å². The summed E-state index contributed by atoms with van der Waals surface area (Å²) in [5, 5.41) is 5.95. The largest absolute Gasteiger partial charge is 0.379 e. The van der Waals surface area contributed by atoms with Crippen molar-refractivity contribution in [1.29, 1.82) is 0 Å². The third-order valence-electron chi connectivity index (χ3n) is 5.52. The molecule has 0 aliphatic carbocycles. The Kier molecular flexibility index (Phi) is 7.71. The highest BCUT2D eigenvalue weighted by molar-refractivity contribution is 5.90. The monoisotopic (exact) mass is 403 g/mol. The predicted molar refractivity (Wildman–Crippen MR) is 113 cm³/mol. The summed E-state index contributed by atoms with van der Waals surface area (Å²) in [5.41, 5.74) is 1.86. The second-order valence-corrected chi connectivity index (χ2v) is 7.68. The molecule has 1 aromatic rings. The zero-order chi connectivity index (χ0) is 20.6. The molecule has 0 saturated carbocycles. The SMILES string of the molecule is CCCNC(=O)N(CCN1CCOCC1)C1CN(C(=O)Nc2ccccc2C)C1. The molecular formula is C21H33N5O3. The molecule has 8 heteroatoms. The van der Waals surface area contributed by atoms with Gasteiger partial charge in [-0.1, -0.05) is 25.1 Å². The Morgan fingerprint density at radius 3 is 2.62 bits per heavy atom. The minimum atomic E-state index is -0.113. The number of amides is 4. The summed E-state index contributed by atoms with van der Waals surface area (Å²) in [6.07, 6.45) is 0.901. The highest BCUT2D eigenvalue weighted by Gasteiger charge is 2.37. The summed E-state index contributed by atoms with van der Waals surface area (Å²) in [7, 11) is 0. The highest BCUT2D eigenvalue weighted by atomic mass is 16.5. The first kappa shape index (κ1) is 21.4. The second-order valence-electron chi connectivity index (χ2n) is 7.68. The lowest BCUT2D eigenvalue weighted by molar-refractivity contribution is 0.0266. The van der Waals surface area contributed by atoms with E-state index in [2.05, 4.69) is 15.5 Å². The fourth-order valence-electron chi connectivity index (χ4n) is 3.58. The number of benzene rings is 1. The molecule has 0 radical (unpaired) electrons. The fraction of sp³-hybridized carbons (Fsp3) is 0.619. The van der Waals surface area contributed by atoms with Crippen LogP contribution < -0.4 is 10.6 Å². The topological polar surface area (TPSA) is 77.2 Å². The molecule has 0 bridgehead atoms. The summed E-state index contributed by atoms with van der Waals surface area (Å²) in [4.78, 5) is 31.2. The Balaban J connectivity index is 1.52. The van der Waals surface area contributed by atoms with Crippen molar-refractivity contribution < 1.29 is 14.3 Å². The third kappa shape index (κ3) is 5.83.